The van der Waals surface area contributed by atoms with Crippen LogP contribution in [0.1, 0.15) is 72.1 Å². The van der Waals surface area contributed by atoms with E-state index in [4.69, 9.17) is 4.74 Å². The van der Waals surface area contributed by atoms with Crippen molar-refractivity contribution in [3.8, 4) is 0 Å². The summed E-state index contributed by atoms with van der Waals surface area (Å²) in [5.74, 6) is 4.19. The Hall–Kier alpha value is -0.0800. The van der Waals surface area contributed by atoms with E-state index < -0.39 is 0 Å². The van der Waals surface area contributed by atoms with Crippen LogP contribution in [-0.2, 0) is 4.74 Å². The Balaban J connectivity index is 1.44. The van der Waals surface area contributed by atoms with Gasteiger partial charge >= 0.3 is 0 Å². The first-order valence-corrected chi connectivity index (χ1v) is 10.3. The molecule has 23 heavy (non-hydrogen) atoms. The molecule has 0 bridgehead atoms. The first kappa shape index (κ1) is 15.2. The summed E-state index contributed by atoms with van der Waals surface area (Å²) in [6, 6.07) is 0. The van der Waals surface area contributed by atoms with Gasteiger partial charge in [0.2, 0.25) is 0 Å². The van der Waals surface area contributed by atoms with E-state index >= 15 is 0 Å². The summed E-state index contributed by atoms with van der Waals surface area (Å²) in [5, 5.41) is 10.3. The summed E-state index contributed by atoms with van der Waals surface area (Å²) in [4.78, 5) is 0. The van der Waals surface area contributed by atoms with Crippen molar-refractivity contribution in [2.24, 2.45) is 40.4 Å². The van der Waals surface area contributed by atoms with Gasteiger partial charge in [0.05, 0.1) is 18.3 Å². The maximum absolute atomic E-state index is 10.3. The third-order valence-corrected chi connectivity index (χ3v) is 9.57. The minimum Gasteiger partial charge on any atom is -0.393 e. The van der Waals surface area contributed by atoms with Crippen LogP contribution >= 0.6 is 0 Å². The van der Waals surface area contributed by atoms with E-state index in [-0.39, 0.29) is 6.10 Å². The lowest BCUT2D eigenvalue weighted by Gasteiger charge is -2.60. The van der Waals surface area contributed by atoms with Gasteiger partial charge in [-0.3, -0.25) is 0 Å². The van der Waals surface area contributed by atoms with Gasteiger partial charge in [0.25, 0.3) is 0 Å². The third kappa shape index (κ3) is 1.94. The topological polar surface area (TPSA) is 32.8 Å². The van der Waals surface area contributed by atoms with Crippen LogP contribution in [0, 0.1) is 40.4 Å². The zero-order chi connectivity index (χ0) is 16.0. The molecule has 0 spiro atoms. The molecule has 0 aromatic heterocycles. The molecule has 5 rings (SSSR count). The van der Waals surface area contributed by atoms with Crippen molar-refractivity contribution in [1.82, 2.24) is 0 Å². The molecule has 4 aliphatic carbocycles. The highest BCUT2D eigenvalue weighted by Gasteiger charge is 2.63. The van der Waals surface area contributed by atoms with Gasteiger partial charge in [-0.25, -0.2) is 0 Å². The van der Waals surface area contributed by atoms with E-state index in [2.05, 4.69) is 13.8 Å². The van der Waals surface area contributed by atoms with Crippen LogP contribution in [0.15, 0.2) is 0 Å². The fourth-order valence-electron chi connectivity index (χ4n) is 8.35. The van der Waals surface area contributed by atoms with E-state index in [0.29, 0.717) is 29.0 Å². The van der Waals surface area contributed by atoms with Gasteiger partial charge in [-0.05, 0) is 98.7 Å². The van der Waals surface area contributed by atoms with Gasteiger partial charge in [0.15, 0.2) is 0 Å². The largest absolute Gasteiger partial charge is 0.393 e. The van der Waals surface area contributed by atoms with Crippen molar-refractivity contribution in [1.29, 1.82) is 0 Å². The summed E-state index contributed by atoms with van der Waals surface area (Å²) in [6.45, 7) is 7.18. The molecular formula is C21H34O2. The van der Waals surface area contributed by atoms with Gasteiger partial charge in [-0.15, -0.1) is 0 Å². The van der Waals surface area contributed by atoms with Crippen LogP contribution in [0.25, 0.3) is 0 Å². The Morgan fingerprint density at radius 3 is 2.52 bits per heavy atom. The Labute approximate surface area is 141 Å². The maximum atomic E-state index is 10.3. The standard InChI is InChI=1S/C21H34O2/c1-12(22)15-6-7-16-14-5-4-13-10-18-19(23-18)11-21(13,3)17(14)8-9-20(15,16)2/h12-19,22H,4-11H2,1-3H3/t12?,13?,14-,15+,16-,17-,18?,19?,20+,21-/m0/s1. The number of fused-ring (bicyclic) bond motifs is 6. The molecule has 130 valence electrons. The number of rotatable bonds is 1. The van der Waals surface area contributed by atoms with Gasteiger partial charge in [-0.1, -0.05) is 13.8 Å². The molecule has 1 aliphatic heterocycles. The molecule has 5 fully saturated rings. The smallest absolute Gasteiger partial charge is 0.0847 e. The van der Waals surface area contributed by atoms with E-state index in [0.717, 1.165) is 23.7 Å². The number of ether oxygens (including phenoxy) is 1. The summed E-state index contributed by atoms with van der Waals surface area (Å²) in [5.41, 5.74) is 0.955. The number of aliphatic hydroxyl groups is 1. The predicted octanol–water partition coefficient (Wildman–Crippen LogP) is 4.40. The molecule has 0 aromatic carbocycles. The summed E-state index contributed by atoms with van der Waals surface area (Å²) < 4.78 is 5.94. The predicted molar refractivity (Wildman–Crippen MR) is 90.9 cm³/mol. The average molecular weight is 319 g/mol. The Morgan fingerprint density at radius 2 is 1.74 bits per heavy atom. The van der Waals surface area contributed by atoms with Crippen LogP contribution in [0.4, 0.5) is 0 Å². The van der Waals surface area contributed by atoms with Crippen LogP contribution < -0.4 is 0 Å². The highest BCUT2D eigenvalue weighted by Crippen LogP contribution is 2.69. The van der Waals surface area contributed by atoms with Crippen LogP contribution in [0.2, 0.25) is 0 Å². The summed E-state index contributed by atoms with van der Waals surface area (Å²) >= 11 is 0. The first-order valence-electron chi connectivity index (χ1n) is 10.3. The zero-order valence-corrected chi connectivity index (χ0v) is 15.1. The lowest BCUT2D eigenvalue weighted by atomic mass is 9.45. The van der Waals surface area contributed by atoms with Crippen molar-refractivity contribution < 1.29 is 9.84 Å². The average Bonchev–Trinajstić information content (AvgIpc) is 3.13. The fraction of sp³-hybridized carbons (Fsp3) is 1.00. The highest BCUT2D eigenvalue weighted by molar-refractivity contribution is 5.12. The lowest BCUT2D eigenvalue weighted by molar-refractivity contribution is -0.114. The molecule has 2 nitrogen and oxygen atoms in total. The van der Waals surface area contributed by atoms with E-state index in [1.165, 1.54) is 51.4 Å². The fourth-order valence-corrected chi connectivity index (χ4v) is 8.35. The molecule has 5 aliphatic rings. The summed E-state index contributed by atoms with van der Waals surface area (Å²) in [6.07, 6.45) is 12.1. The molecule has 0 amide bonds. The lowest BCUT2D eigenvalue weighted by Crippen LogP contribution is -2.54. The summed E-state index contributed by atoms with van der Waals surface area (Å²) in [7, 11) is 0. The second-order valence-corrected chi connectivity index (χ2v) is 10.3. The molecule has 0 radical (unpaired) electrons. The second-order valence-electron chi connectivity index (χ2n) is 10.3. The van der Waals surface area contributed by atoms with E-state index in [1.54, 1.807) is 0 Å². The Kier molecular flexibility index (Phi) is 3.14. The minimum absolute atomic E-state index is 0.122. The van der Waals surface area contributed by atoms with Gasteiger partial charge in [0.1, 0.15) is 0 Å². The normalized spacial score (nSPS) is 61.8. The number of hydrogen-bond acceptors (Lipinski definition) is 2. The molecule has 2 heteroatoms. The maximum Gasteiger partial charge on any atom is 0.0847 e. The van der Waals surface area contributed by atoms with Gasteiger partial charge < -0.3 is 9.84 Å². The van der Waals surface area contributed by atoms with Crippen molar-refractivity contribution in [3.63, 3.8) is 0 Å². The number of hydrogen-bond donors (Lipinski definition) is 1. The van der Waals surface area contributed by atoms with Crippen LogP contribution in [-0.4, -0.2) is 23.4 Å². The van der Waals surface area contributed by atoms with Crippen molar-refractivity contribution in [2.75, 3.05) is 0 Å². The first-order chi connectivity index (χ1) is 10.9. The molecular weight excluding hydrogens is 284 g/mol. The number of epoxide rings is 1. The Morgan fingerprint density at radius 1 is 0.957 bits per heavy atom. The minimum atomic E-state index is -0.122. The monoisotopic (exact) mass is 318 g/mol. The SMILES string of the molecule is CC(O)[C@H]1CC[C@H]2[C@@H]3CCC4CC5OC5C[C@]4(C)[C@H]3CC[C@]12C. The molecule has 10 atom stereocenters. The molecule has 4 saturated carbocycles. The van der Waals surface area contributed by atoms with Gasteiger partial charge in [0, 0.05) is 0 Å². The molecule has 1 heterocycles. The molecule has 4 unspecified atom stereocenters. The van der Waals surface area contributed by atoms with Crippen molar-refractivity contribution in [2.45, 2.75) is 90.4 Å². The highest BCUT2D eigenvalue weighted by atomic mass is 16.6. The van der Waals surface area contributed by atoms with E-state index in [9.17, 15) is 5.11 Å². The third-order valence-electron chi connectivity index (χ3n) is 9.57. The quantitative estimate of drug-likeness (QED) is 0.727. The van der Waals surface area contributed by atoms with Gasteiger partial charge in [-0.2, -0.15) is 0 Å². The van der Waals surface area contributed by atoms with Crippen LogP contribution in [0.5, 0.6) is 0 Å². The number of aliphatic hydroxyl groups excluding tert-OH is 1. The van der Waals surface area contributed by atoms with Crippen molar-refractivity contribution in [3.05, 3.63) is 0 Å². The van der Waals surface area contributed by atoms with E-state index in [1.807, 2.05) is 6.92 Å². The molecule has 1 saturated heterocycles. The zero-order valence-electron chi connectivity index (χ0n) is 15.1. The van der Waals surface area contributed by atoms with Crippen LogP contribution in [0.3, 0.4) is 0 Å². The molecule has 1 N–H and O–H groups in total. The second kappa shape index (κ2) is 4.75. The van der Waals surface area contributed by atoms with Crippen molar-refractivity contribution >= 4 is 0 Å². The molecule has 0 aromatic rings. The Bertz CT molecular complexity index is 502.